The minimum atomic E-state index is -0.1000. The molecule has 232 valence electrons. The Morgan fingerprint density at radius 1 is 0.388 bits per heavy atom. The summed E-state index contributed by atoms with van der Waals surface area (Å²) in [7, 11) is 0. The minimum absolute atomic E-state index is 0.1000. The van der Waals surface area contributed by atoms with E-state index in [2.05, 4.69) is 184 Å². The third-order valence-corrected chi connectivity index (χ3v) is 10.1. The summed E-state index contributed by atoms with van der Waals surface area (Å²) in [5.74, 6) is 0.726. The lowest BCUT2D eigenvalue weighted by atomic mass is 9.82. The van der Waals surface area contributed by atoms with Crippen LogP contribution in [-0.2, 0) is 5.41 Å². The summed E-state index contributed by atoms with van der Waals surface area (Å²) in [6.07, 6.45) is 0. The molecular weight excluding hydrogens is 593 g/mol. The zero-order chi connectivity index (χ0) is 33.0. The maximum atomic E-state index is 5.37. The SMILES string of the molecule is CC1(C)c2ccccc2-c2c1ccc1nc(-c3cccc(-c4cccc(-c5ccccc5-c5ccccc5)c4)c3)nc(-c3ccccc3)c21. The van der Waals surface area contributed by atoms with Crippen molar-refractivity contribution >= 4 is 10.9 Å². The van der Waals surface area contributed by atoms with Crippen molar-refractivity contribution < 1.29 is 0 Å². The summed E-state index contributed by atoms with van der Waals surface area (Å²) in [5.41, 5.74) is 16.2. The van der Waals surface area contributed by atoms with Gasteiger partial charge in [0.1, 0.15) is 0 Å². The highest BCUT2D eigenvalue weighted by Gasteiger charge is 2.37. The molecule has 1 aliphatic carbocycles. The van der Waals surface area contributed by atoms with E-state index in [1.54, 1.807) is 0 Å². The second-order valence-corrected chi connectivity index (χ2v) is 13.4. The van der Waals surface area contributed by atoms with Gasteiger partial charge in [-0.3, -0.25) is 0 Å². The van der Waals surface area contributed by atoms with Crippen LogP contribution >= 0.6 is 0 Å². The lowest BCUT2D eigenvalue weighted by Crippen LogP contribution is -2.14. The van der Waals surface area contributed by atoms with Crippen LogP contribution < -0.4 is 0 Å². The van der Waals surface area contributed by atoms with Gasteiger partial charge in [-0.15, -0.1) is 0 Å². The molecule has 0 amide bonds. The van der Waals surface area contributed by atoms with Gasteiger partial charge in [0.05, 0.1) is 11.2 Å². The molecule has 0 N–H and O–H groups in total. The first kappa shape index (κ1) is 29.1. The van der Waals surface area contributed by atoms with E-state index in [-0.39, 0.29) is 5.41 Å². The molecule has 0 radical (unpaired) electrons. The Kier molecular flexibility index (Phi) is 6.84. The number of fused-ring (bicyclic) bond motifs is 5. The first-order valence-electron chi connectivity index (χ1n) is 16.9. The van der Waals surface area contributed by atoms with Gasteiger partial charge in [0.2, 0.25) is 0 Å². The van der Waals surface area contributed by atoms with Crippen LogP contribution in [0.3, 0.4) is 0 Å². The molecule has 49 heavy (non-hydrogen) atoms. The molecule has 0 unspecified atom stereocenters. The lowest BCUT2D eigenvalue weighted by Gasteiger charge is -2.21. The first-order chi connectivity index (χ1) is 24.1. The molecular formula is C47H34N2. The standard InChI is InChI=1S/C47H34N2/c1-47(2)40-26-12-11-25-39(40)43-41(47)27-28-42-44(43)45(32-17-7-4-8-18-32)49-46(48-42)36-22-14-20-34(30-36)33-19-13-21-35(29-33)38-24-10-9-23-37(38)31-15-5-3-6-16-31/h3-30H,1-2H3. The smallest absolute Gasteiger partial charge is 0.160 e. The van der Waals surface area contributed by atoms with Crippen molar-refractivity contribution in [1.29, 1.82) is 0 Å². The fourth-order valence-electron chi connectivity index (χ4n) is 7.66. The molecule has 9 rings (SSSR count). The average Bonchev–Trinajstić information content (AvgIpc) is 3.41. The van der Waals surface area contributed by atoms with E-state index in [1.165, 1.54) is 44.5 Å². The van der Waals surface area contributed by atoms with Crippen LogP contribution in [0.15, 0.2) is 170 Å². The fraction of sp³-hybridized carbons (Fsp3) is 0.0638. The molecule has 2 heteroatoms. The zero-order valence-electron chi connectivity index (χ0n) is 27.6. The molecule has 0 atom stereocenters. The van der Waals surface area contributed by atoms with Crippen LogP contribution in [0.2, 0.25) is 0 Å². The Bertz CT molecular complexity index is 2510. The molecule has 0 bridgehead atoms. The van der Waals surface area contributed by atoms with Crippen LogP contribution in [-0.4, -0.2) is 9.97 Å². The molecule has 1 aliphatic rings. The van der Waals surface area contributed by atoms with Crippen molar-refractivity contribution in [2.24, 2.45) is 0 Å². The monoisotopic (exact) mass is 626 g/mol. The van der Waals surface area contributed by atoms with Crippen LogP contribution in [0.25, 0.3) is 78.1 Å². The van der Waals surface area contributed by atoms with E-state index in [9.17, 15) is 0 Å². The molecule has 8 aromatic rings. The lowest BCUT2D eigenvalue weighted by molar-refractivity contribution is 0.661. The van der Waals surface area contributed by atoms with Gasteiger partial charge >= 0.3 is 0 Å². The van der Waals surface area contributed by atoms with Gasteiger partial charge in [0, 0.05) is 21.9 Å². The maximum Gasteiger partial charge on any atom is 0.160 e. The quantitative estimate of drug-likeness (QED) is 0.190. The van der Waals surface area contributed by atoms with Crippen molar-refractivity contribution in [3.8, 4) is 67.2 Å². The minimum Gasteiger partial charge on any atom is -0.228 e. The first-order valence-corrected chi connectivity index (χ1v) is 16.9. The summed E-state index contributed by atoms with van der Waals surface area (Å²) < 4.78 is 0. The molecule has 0 fully saturated rings. The van der Waals surface area contributed by atoms with Gasteiger partial charge in [0.25, 0.3) is 0 Å². The molecule has 1 aromatic heterocycles. The molecule has 7 aromatic carbocycles. The molecule has 2 nitrogen and oxygen atoms in total. The highest BCUT2D eigenvalue weighted by Crippen LogP contribution is 2.52. The van der Waals surface area contributed by atoms with E-state index < -0.39 is 0 Å². The Hall–Kier alpha value is -6.12. The average molecular weight is 627 g/mol. The summed E-state index contributed by atoms with van der Waals surface area (Å²) in [4.78, 5) is 10.6. The third kappa shape index (κ3) is 4.88. The number of aromatic nitrogens is 2. The van der Waals surface area contributed by atoms with E-state index in [0.29, 0.717) is 0 Å². The molecule has 0 aliphatic heterocycles. The largest absolute Gasteiger partial charge is 0.228 e. The summed E-state index contributed by atoms with van der Waals surface area (Å²) in [5, 5.41) is 1.12. The Balaban J connectivity index is 1.19. The van der Waals surface area contributed by atoms with Gasteiger partial charge in [-0.05, 0) is 73.8 Å². The zero-order valence-corrected chi connectivity index (χ0v) is 27.6. The molecule has 0 spiro atoms. The van der Waals surface area contributed by atoms with Crippen LogP contribution in [0.4, 0.5) is 0 Å². The third-order valence-electron chi connectivity index (χ3n) is 10.1. The number of hydrogen-bond donors (Lipinski definition) is 0. The Morgan fingerprint density at radius 2 is 0.918 bits per heavy atom. The number of benzene rings is 7. The topological polar surface area (TPSA) is 25.8 Å². The van der Waals surface area contributed by atoms with E-state index >= 15 is 0 Å². The number of nitrogens with zero attached hydrogens (tertiary/aromatic N) is 2. The number of rotatable bonds is 5. The van der Waals surface area contributed by atoms with Gasteiger partial charge in [0.15, 0.2) is 5.82 Å². The predicted octanol–water partition coefficient (Wildman–Crippen LogP) is 12.3. The summed E-state index contributed by atoms with van der Waals surface area (Å²) in [6, 6.07) is 60.5. The highest BCUT2D eigenvalue weighted by molar-refractivity contribution is 6.08. The van der Waals surface area contributed by atoms with Gasteiger partial charge < -0.3 is 0 Å². The van der Waals surface area contributed by atoms with Crippen molar-refractivity contribution in [2.45, 2.75) is 19.3 Å². The van der Waals surface area contributed by atoms with E-state index in [0.717, 1.165) is 44.7 Å². The highest BCUT2D eigenvalue weighted by atomic mass is 14.9. The van der Waals surface area contributed by atoms with E-state index in [4.69, 9.17) is 9.97 Å². The molecule has 0 saturated heterocycles. The Labute approximate surface area is 287 Å². The van der Waals surface area contributed by atoms with Gasteiger partial charge in [-0.1, -0.05) is 166 Å². The predicted molar refractivity (Wildman–Crippen MR) is 204 cm³/mol. The van der Waals surface area contributed by atoms with Crippen molar-refractivity contribution in [2.75, 3.05) is 0 Å². The molecule has 1 heterocycles. The second-order valence-electron chi connectivity index (χ2n) is 13.4. The van der Waals surface area contributed by atoms with E-state index in [1.807, 2.05) is 0 Å². The normalized spacial score (nSPS) is 12.9. The fourth-order valence-corrected chi connectivity index (χ4v) is 7.66. The maximum absolute atomic E-state index is 5.37. The second kappa shape index (κ2) is 11.5. The van der Waals surface area contributed by atoms with Crippen LogP contribution in [0.1, 0.15) is 25.0 Å². The summed E-state index contributed by atoms with van der Waals surface area (Å²) in [6.45, 7) is 4.64. The Morgan fingerprint density at radius 3 is 1.63 bits per heavy atom. The van der Waals surface area contributed by atoms with Crippen molar-refractivity contribution in [3.05, 3.63) is 181 Å². The molecule has 0 saturated carbocycles. The van der Waals surface area contributed by atoms with Gasteiger partial charge in [-0.2, -0.15) is 0 Å². The van der Waals surface area contributed by atoms with Crippen LogP contribution in [0.5, 0.6) is 0 Å². The van der Waals surface area contributed by atoms with Crippen molar-refractivity contribution in [3.63, 3.8) is 0 Å². The van der Waals surface area contributed by atoms with Crippen molar-refractivity contribution in [1.82, 2.24) is 9.97 Å². The number of hydrogen-bond acceptors (Lipinski definition) is 2. The van der Waals surface area contributed by atoms with Crippen LogP contribution in [0, 0.1) is 0 Å². The van der Waals surface area contributed by atoms with Gasteiger partial charge in [-0.25, -0.2) is 9.97 Å². The summed E-state index contributed by atoms with van der Waals surface area (Å²) >= 11 is 0.